The van der Waals surface area contributed by atoms with Crippen molar-refractivity contribution in [3.8, 4) is 0 Å². The number of hydrogen-bond acceptors (Lipinski definition) is 52. The minimum atomic E-state index is -5.13. The summed E-state index contributed by atoms with van der Waals surface area (Å²) in [6.45, 7) is 20.4. The van der Waals surface area contributed by atoms with Crippen LogP contribution in [0, 0.1) is 27.6 Å². The third kappa shape index (κ3) is 63.0. The number of phosphoric acid groups is 11. The molecule has 0 aliphatic carbocycles. The molecule has 25 unspecified atom stereocenters. The number of aliphatic hydroxyl groups is 3. The van der Waals surface area contributed by atoms with E-state index in [-0.39, 0.29) is 179 Å². The number of rotatable bonds is 60. The zero-order valence-electron chi connectivity index (χ0n) is 78.0. The van der Waals surface area contributed by atoms with Crippen LogP contribution in [0.4, 0.5) is 0 Å². The summed E-state index contributed by atoms with van der Waals surface area (Å²) in [5.41, 5.74) is -1.57. The predicted octanol–water partition coefficient (Wildman–Crippen LogP) is 1.01. The fraction of sp³-hybridized carbons (Fsp3) is 1.00. The highest BCUT2D eigenvalue weighted by molar-refractivity contribution is 7.48. The second kappa shape index (κ2) is 62.6. The van der Waals surface area contributed by atoms with Gasteiger partial charge in [-0.2, -0.15) is 0 Å². The molecule has 0 amide bonds. The summed E-state index contributed by atoms with van der Waals surface area (Å²) in [7, 11) is -21.4. The van der Waals surface area contributed by atoms with Crippen LogP contribution in [0.1, 0.15) is 187 Å². The van der Waals surface area contributed by atoms with Crippen molar-refractivity contribution in [1.82, 2.24) is 0 Å². The van der Waals surface area contributed by atoms with Crippen LogP contribution in [0.15, 0.2) is 0 Å². The predicted molar refractivity (Wildman–Crippen MR) is 455 cm³/mol. The van der Waals surface area contributed by atoms with E-state index >= 15 is 0 Å². The summed E-state index contributed by atoms with van der Waals surface area (Å²) in [6, 6.07) is -3.06. The molecular formula is C67H128B5O52P11-12. The zero-order chi connectivity index (χ0) is 104. The quantitative estimate of drug-likeness (QED) is 0.0434. The maximum Gasteiger partial charge on any atom is 0.268 e. The van der Waals surface area contributed by atoms with Crippen molar-refractivity contribution in [1.29, 1.82) is 0 Å². The van der Waals surface area contributed by atoms with Crippen molar-refractivity contribution in [2.75, 3.05) is 126 Å². The maximum absolute atomic E-state index is 12.1. The zero-order valence-corrected chi connectivity index (χ0v) is 87.9. The molecule has 5 aliphatic heterocycles. The molecule has 0 spiro atoms. The van der Waals surface area contributed by atoms with Gasteiger partial charge in [0.2, 0.25) is 0 Å². The van der Waals surface area contributed by atoms with Crippen molar-refractivity contribution in [3.63, 3.8) is 0 Å². The summed E-state index contributed by atoms with van der Waals surface area (Å²) in [4.78, 5) is 137. The molecule has 5 saturated heterocycles. The van der Waals surface area contributed by atoms with E-state index in [9.17, 15) is 109 Å². The molecule has 5 rings (SSSR count). The average molecular weight is 2160 g/mol. The Morgan fingerprint density at radius 3 is 0.607 bits per heavy atom. The van der Waals surface area contributed by atoms with Crippen molar-refractivity contribution >= 4 is 125 Å². The van der Waals surface area contributed by atoms with Gasteiger partial charge in [0.15, 0.2) is 0 Å². The first kappa shape index (κ1) is 134. The van der Waals surface area contributed by atoms with Crippen LogP contribution in [0.5, 0.6) is 0 Å². The second-order valence-electron chi connectivity index (χ2n) is 34.6. The Morgan fingerprint density at radius 2 is 0.430 bits per heavy atom. The van der Waals surface area contributed by atoms with Gasteiger partial charge < -0.3 is 197 Å². The Bertz CT molecular complexity index is 3890. The lowest BCUT2D eigenvalue weighted by Gasteiger charge is -2.34. The molecule has 52 nitrogen and oxygen atoms in total. The summed E-state index contributed by atoms with van der Waals surface area (Å²) in [5, 5.41) is 25.7. The number of aliphatic hydroxyl groups excluding tert-OH is 3. The van der Waals surface area contributed by atoms with Crippen LogP contribution in [-0.2, 0) is 169 Å². The normalized spacial score (nSPS) is 28.0. The van der Waals surface area contributed by atoms with Gasteiger partial charge in [0.25, 0.3) is 78.2 Å². The first-order valence-corrected chi connectivity index (χ1v) is 58.4. The first-order chi connectivity index (χ1) is 61.7. The van der Waals surface area contributed by atoms with Crippen LogP contribution in [0.25, 0.3) is 0 Å². The standard InChI is InChI=1S/C17H36BO14P3.C14H30BO13P3.C14H29BO10P2.C12H25BO9P2.C10H20BO6P/c1-17(2,3)16-14(13-15(18)31-16)32-35(24,25)30-12-6-11-29-34(22,23)28-10-5-9-27-33(20,21)26-8-4-7-19;1-14(2,3)13-11(10-12(15)27-13)28-31(21,22)26-9-5-8-25-30(19,20)24-7-4-6-23-29(16,17)18;1-14(2,3)13-11(10-12(15)24-13)25-27(19,20)23-9-5-8-22-26(17,18)21-7-4-6-16;1-12(2,3)11-9(8-10(13)21-11)22-24(16,17)20-7-5-6-19-23(14,15)18-4;1-7(2)10-8(6-9(11)16-10)17-18(13,14)15-5-3-4-12/h14-16,19H,4-13H2,1-3H3,(H,20,21)(H,22,23)(H,24,25);11-13H,4-10H2,1-3H3,(H,19,20)(H,21,22)(H2,16,17,18);11-13,16H,4-10H2,1-3H3,(H,17,18)(H,19,20);9-11H,5-8H2,1-4H3,(H,14,15)(H,16,17);7-10,12H,3-6H2,1-2H3,(H,13,14)/p-12. The van der Waals surface area contributed by atoms with Crippen LogP contribution in [0.2, 0.25) is 0 Å². The molecule has 135 heavy (non-hydrogen) atoms. The van der Waals surface area contributed by atoms with Crippen molar-refractivity contribution in [2.24, 2.45) is 27.6 Å². The van der Waals surface area contributed by atoms with Gasteiger partial charge in [-0.1, -0.05) is 96.9 Å². The molecular weight excluding hydrogens is 2030 g/mol. The fourth-order valence-electron chi connectivity index (χ4n) is 11.9. The lowest BCUT2D eigenvalue weighted by atomic mass is 9.85. The number of phosphoric ester groups is 11. The van der Waals surface area contributed by atoms with Crippen molar-refractivity contribution < 1.29 is 243 Å². The van der Waals surface area contributed by atoms with Gasteiger partial charge in [-0.3, -0.25) is 45.7 Å². The van der Waals surface area contributed by atoms with Crippen molar-refractivity contribution in [2.45, 2.75) is 278 Å². The van der Waals surface area contributed by atoms with Gasteiger partial charge in [-0.05, 0) is 117 Å². The monoisotopic (exact) mass is 2160 g/mol. The van der Waals surface area contributed by atoms with E-state index in [4.69, 9.17) is 119 Å². The molecule has 0 aromatic carbocycles. The van der Waals surface area contributed by atoms with Crippen LogP contribution >= 0.6 is 86.0 Å². The van der Waals surface area contributed by atoms with E-state index in [1.165, 1.54) is 0 Å². The summed E-state index contributed by atoms with van der Waals surface area (Å²) in [6.07, 6.45) is -5.12. The molecule has 0 bridgehead atoms. The van der Waals surface area contributed by atoms with E-state index in [1.54, 1.807) is 0 Å². The topological polar surface area (TPSA) is 765 Å². The number of ether oxygens (including phenoxy) is 5. The van der Waals surface area contributed by atoms with Gasteiger partial charge in [-0.25, -0.2) is 0 Å². The molecule has 0 aromatic heterocycles. The van der Waals surface area contributed by atoms with E-state index in [0.29, 0.717) is 6.42 Å². The Hall–Kier alpha value is 1.21. The Labute approximate surface area is 795 Å². The molecule has 790 valence electrons. The minimum Gasteiger partial charge on any atom is -0.790 e. The highest BCUT2D eigenvalue weighted by Crippen LogP contribution is 2.53. The molecule has 68 heteroatoms. The molecule has 5 heterocycles. The minimum absolute atomic E-state index is 0.0193. The van der Waals surface area contributed by atoms with Gasteiger partial charge in [-0.15, -0.1) is 0 Å². The Kier molecular flexibility index (Phi) is 62.3. The van der Waals surface area contributed by atoms with E-state index < -0.39 is 228 Å². The molecule has 25 atom stereocenters. The summed E-state index contributed by atoms with van der Waals surface area (Å²) < 4.78 is 251. The van der Waals surface area contributed by atoms with Gasteiger partial charge >= 0.3 is 0 Å². The highest BCUT2D eigenvalue weighted by atomic mass is 31.2. The third-order valence-electron chi connectivity index (χ3n) is 17.7. The molecule has 5 fully saturated rings. The summed E-state index contributed by atoms with van der Waals surface area (Å²) in [5.74, 6) is 0.0981. The Morgan fingerprint density at radius 1 is 0.267 bits per heavy atom. The van der Waals surface area contributed by atoms with E-state index in [1.807, 2.05) is 96.9 Å². The molecule has 3 N–H and O–H groups in total. The summed E-state index contributed by atoms with van der Waals surface area (Å²) >= 11 is 0. The number of hydrogen-bond donors (Lipinski definition) is 3. The van der Waals surface area contributed by atoms with Crippen LogP contribution in [0.3, 0.4) is 0 Å². The van der Waals surface area contributed by atoms with E-state index in [2.05, 4.69) is 54.3 Å². The average Bonchev–Trinajstić information content (AvgIpc) is 1.68. The lowest BCUT2D eigenvalue weighted by molar-refractivity contribution is -0.342. The SMILES string of the molecule is [B]C1CC(OP(=O)([O-])OCCCO)C(C(C)C)O1.[B]C1CC(OP(=O)([O-])OCCCOP(=O)([O-])OC)C(C(C)(C)C)O1.[B]C1CC(OP(=O)([O-])OCCCOP(=O)([O-])OCCCO)C(C(C)(C)C)O1.[B]C1CC(OP(=O)([O-])OCCCOP(=O)([O-])OCCCOP(=O)([O-])OCCCO)C(C(C)(C)C)O1.[B]C1CC(OP(=O)([O-])OCCCOP(=O)([O-])OCCCOP(=O)([O-])[O-])C(C(C)(C)C)O1. The van der Waals surface area contributed by atoms with Gasteiger partial charge in [0, 0.05) is 56.9 Å². The smallest absolute Gasteiger partial charge is 0.268 e. The largest absolute Gasteiger partial charge is 0.790 e. The van der Waals surface area contributed by atoms with Gasteiger partial charge in [0.05, 0.1) is 168 Å². The fourth-order valence-corrected chi connectivity index (χ4v) is 20.6. The van der Waals surface area contributed by atoms with Crippen LogP contribution < -0.4 is 58.7 Å². The van der Waals surface area contributed by atoms with Crippen LogP contribution in [-0.4, -0.2) is 272 Å². The van der Waals surface area contributed by atoms with Gasteiger partial charge in [0.1, 0.15) is 39.2 Å². The van der Waals surface area contributed by atoms with E-state index in [0.717, 1.165) is 7.11 Å². The molecule has 0 aromatic rings. The molecule has 10 radical (unpaired) electrons. The second-order valence-corrected chi connectivity index (χ2v) is 49.7. The van der Waals surface area contributed by atoms with Crippen molar-refractivity contribution in [3.05, 3.63) is 0 Å². The third-order valence-corrected chi connectivity index (χ3v) is 28.2. The highest BCUT2D eigenvalue weighted by Gasteiger charge is 2.47. The maximum atomic E-state index is 12.1. The molecule has 0 saturated carbocycles. The lowest BCUT2D eigenvalue weighted by Crippen LogP contribution is -2.37. The molecule has 5 aliphatic rings. The first-order valence-electron chi connectivity index (χ1n) is 42.3. The Balaban J connectivity index is 0.000000856.